The van der Waals surface area contributed by atoms with Crippen LogP contribution < -0.4 is 15.5 Å². The summed E-state index contributed by atoms with van der Waals surface area (Å²) >= 11 is 0. The third kappa shape index (κ3) is 9.64. The molecule has 0 aromatic heterocycles. The molecule has 0 aliphatic heterocycles. The van der Waals surface area contributed by atoms with Gasteiger partial charge in [-0.3, -0.25) is 10.1 Å². The Morgan fingerprint density at radius 1 is 0.825 bits per heavy atom. The Bertz CT molecular complexity index is 1370. The van der Waals surface area contributed by atoms with Gasteiger partial charge in [-0.25, -0.2) is 4.79 Å². The first-order valence-corrected chi connectivity index (χ1v) is 12.6. The molecular formula is C31H31N5O4. The number of nitrogens with one attached hydrogen (secondary N) is 2. The molecule has 0 spiro atoms. The van der Waals surface area contributed by atoms with Gasteiger partial charge in [0.05, 0.1) is 13.2 Å². The van der Waals surface area contributed by atoms with E-state index in [0.29, 0.717) is 25.4 Å². The van der Waals surface area contributed by atoms with Crippen LogP contribution >= 0.6 is 0 Å². The maximum Gasteiger partial charge on any atom is 0.411 e. The van der Waals surface area contributed by atoms with E-state index in [1.54, 1.807) is 7.11 Å². The van der Waals surface area contributed by atoms with Gasteiger partial charge in [0.25, 0.3) is 0 Å². The first kappa shape index (κ1) is 29.4. The van der Waals surface area contributed by atoms with Gasteiger partial charge in [-0.1, -0.05) is 36.4 Å². The van der Waals surface area contributed by atoms with Gasteiger partial charge in [0, 0.05) is 37.6 Å². The molecule has 0 aliphatic rings. The van der Waals surface area contributed by atoms with E-state index in [4.69, 9.17) is 20.0 Å². The fourth-order valence-corrected chi connectivity index (χ4v) is 3.86. The summed E-state index contributed by atoms with van der Waals surface area (Å²) in [6.07, 6.45) is 1.70. The quantitative estimate of drug-likeness (QED) is 0.297. The minimum atomic E-state index is -0.547. The highest BCUT2D eigenvalue weighted by Crippen LogP contribution is 2.18. The highest BCUT2D eigenvalue weighted by Gasteiger charge is 2.10. The molecule has 3 rings (SSSR count). The van der Waals surface area contributed by atoms with Crippen molar-refractivity contribution in [1.29, 1.82) is 10.5 Å². The van der Waals surface area contributed by atoms with Gasteiger partial charge >= 0.3 is 6.09 Å². The fourth-order valence-electron chi connectivity index (χ4n) is 3.86. The maximum atomic E-state index is 12.4. The Labute approximate surface area is 234 Å². The summed E-state index contributed by atoms with van der Waals surface area (Å²) in [5.41, 5.74) is 5.25. The van der Waals surface area contributed by atoms with Crippen LogP contribution in [0.2, 0.25) is 0 Å². The van der Waals surface area contributed by atoms with Crippen molar-refractivity contribution in [1.82, 2.24) is 0 Å². The molecule has 0 radical (unpaired) electrons. The standard InChI is InChI=1S/C31H31N5O4/c1-23(37)34-28-9-3-24(4-10-28)19-25-5-11-29(12-6-25)35-31(38)40-18-16-36(15-17-39-2)30-13-7-26(8-14-30)20-27(21-32)22-33/h3-14,20H,15-19H2,1-2H3,(H,34,37)(H,35,38). The van der Waals surface area contributed by atoms with Crippen LogP contribution in [0.3, 0.4) is 0 Å². The van der Waals surface area contributed by atoms with Gasteiger partial charge in [-0.2, -0.15) is 10.5 Å². The second kappa shape index (κ2) is 15.3. The number of carbonyl (C=O) groups excluding carboxylic acids is 2. The summed E-state index contributed by atoms with van der Waals surface area (Å²) in [6, 6.07) is 26.3. The maximum absolute atomic E-state index is 12.4. The number of methoxy groups -OCH3 is 1. The van der Waals surface area contributed by atoms with Gasteiger partial charge in [-0.05, 0) is 65.6 Å². The molecule has 0 fully saturated rings. The van der Waals surface area contributed by atoms with E-state index in [1.807, 2.05) is 89.8 Å². The Morgan fingerprint density at radius 3 is 1.90 bits per heavy atom. The van der Waals surface area contributed by atoms with Crippen LogP contribution in [0.5, 0.6) is 0 Å². The average molecular weight is 538 g/mol. The summed E-state index contributed by atoms with van der Waals surface area (Å²) in [6.45, 7) is 3.18. The van der Waals surface area contributed by atoms with Crippen LogP contribution in [0, 0.1) is 22.7 Å². The third-order valence-corrected chi connectivity index (χ3v) is 5.85. The van der Waals surface area contributed by atoms with Crippen molar-refractivity contribution in [2.75, 3.05) is 48.9 Å². The number of benzene rings is 3. The van der Waals surface area contributed by atoms with E-state index in [1.165, 1.54) is 13.0 Å². The van der Waals surface area contributed by atoms with Gasteiger partial charge in [-0.15, -0.1) is 0 Å². The first-order chi connectivity index (χ1) is 19.4. The van der Waals surface area contributed by atoms with Crippen molar-refractivity contribution in [2.24, 2.45) is 0 Å². The van der Waals surface area contributed by atoms with Gasteiger partial charge in [0.1, 0.15) is 24.3 Å². The number of nitriles is 2. The predicted octanol–water partition coefficient (Wildman–Crippen LogP) is 5.37. The summed E-state index contributed by atoms with van der Waals surface area (Å²) in [4.78, 5) is 25.6. The summed E-state index contributed by atoms with van der Waals surface area (Å²) in [7, 11) is 1.62. The second-order valence-corrected chi connectivity index (χ2v) is 8.87. The highest BCUT2D eigenvalue weighted by atomic mass is 16.5. The van der Waals surface area contributed by atoms with Crippen molar-refractivity contribution in [3.63, 3.8) is 0 Å². The molecule has 0 aliphatic carbocycles. The first-order valence-electron chi connectivity index (χ1n) is 12.6. The molecule has 0 saturated heterocycles. The van der Waals surface area contributed by atoms with Crippen molar-refractivity contribution in [3.8, 4) is 12.1 Å². The van der Waals surface area contributed by atoms with Gasteiger partial charge < -0.3 is 19.7 Å². The van der Waals surface area contributed by atoms with E-state index >= 15 is 0 Å². The highest BCUT2D eigenvalue weighted by molar-refractivity contribution is 5.88. The van der Waals surface area contributed by atoms with E-state index in [0.717, 1.165) is 34.5 Å². The molecule has 9 nitrogen and oxygen atoms in total. The van der Waals surface area contributed by atoms with Gasteiger partial charge in [0.15, 0.2) is 0 Å². The molecule has 2 N–H and O–H groups in total. The molecule has 3 aromatic carbocycles. The summed E-state index contributed by atoms with van der Waals surface area (Å²) in [5, 5.41) is 23.4. The number of allylic oxidation sites excluding steroid dienone is 1. The number of anilines is 3. The van der Waals surface area contributed by atoms with Crippen LogP contribution in [0.15, 0.2) is 78.4 Å². The fraction of sp³-hybridized carbons (Fsp3) is 0.226. The molecule has 204 valence electrons. The Balaban J connectivity index is 1.49. The molecular weight excluding hydrogens is 506 g/mol. The lowest BCUT2D eigenvalue weighted by Crippen LogP contribution is -2.32. The van der Waals surface area contributed by atoms with Crippen LogP contribution in [0.25, 0.3) is 6.08 Å². The van der Waals surface area contributed by atoms with Crippen LogP contribution in [-0.2, 0) is 20.7 Å². The number of amides is 2. The van der Waals surface area contributed by atoms with E-state index < -0.39 is 6.09 Å². The van der Waals surface area contributed by atoms with Gasteiger partial charge in [0.2, 0.25) is 5.91 Å². The van der Waals surface area contributed by atoms with Crippen LogP contribution in [0.4, 0.5) is 21.9 Å². The monoisotopic (exact) mass is 537 g/mol. The molecule has 0 unspecified atom stereocenters. The molecule has 0 heterocycles. The number of hydrogen-bond acceptors (Lipinski definition) is 7. The van der Waals surface area contributed by atoms with E-state index in [9.17, 15) is 9.59 Å². The van der Waals surface area contributed by atoms with Crippen molar-refractivity contribution < 1.29 is 19.1 Å². The van der Waals surface area contributed by atoms with E-state index in [2.05, 4.69) is 10.6 Å². The van der Waals surface area contributed by atoms with Crippen LogP contribution in [0.1, 0.15) is 23.6 Å². The zero-order valence-corrected chi connectivity index (χ0v) is 22.5. The van der Waals surface area contributed by atoms with Crippen molar-refractivity contribution in [3.05, 3.63) is 95.1 Å². The molecule has 9 heteroatoms. The SMILES string of the molecule is COCCN(CCOC(=O)Nc1ccc(Cc2ccc(NC(C)=O)cc2)cc1)c1ccc(C=C(C#N)C#N)cc1. The Hall–Kier alpha value is -5.12. The minimum absolute atomic E-state index is 0.0348. The lowest BCUT2D eigenvalue weighted by molar-refractivity contribution is -0.114. The number of nitrogens with zero attached hydrogens (tertiary/aromatic N) is 3. The largest absolute Gasteiger partial charge is 0.447 e. The number of rotatable bonds is 12. The lowest BCUT2D eigenvalue weighted by atomic mass is 10.0. The van der Waals surface area contributed by atoms with Crippen molar-refractivity contribution in [2.45, 2.75) is 13.3 Å². The topological polar surface area (TPSA) is 127 Å². The zero-order valence-electron chi connectivity index (χ0n) is 22.5. The zero-order chi connectivity index (χ0) is 28.7. The lowest BCUT2D eigenvalue weighted by Gasteiger charge is -2.24. The smallest absolute Gasteiger partial charge is 0.411 e. The average Bonchev–Trinajstić information content (AvgIpc) is 2.96. The molecule has 3 aromatic rings. The van der Waals surface area contributed by atoms with Crippen molar-refractivity contribution >= 4 is 35.1 Å². The molecule has 0 saturated carbocycles. The minimum Gasteiger partial charge on any atom is -0.447 e. The van der Waals surface area contributed by atoms with E-state index in [-0.39, 0.29) is 18.1 Å². The number of ether oxygens (including phenoxy) is 2. The molecule has 40 heavy (non-hydrogen) atoms. The second-order valence-electron chi connectivity index (χ2n) is 8.87. The molecule has 2 amide bonds. The predicted molar refractivity (Wildman–Crippen MR) is 155 cm³/mol. The Morgan fingerprint density at radius 2 is 1.38 bits per heavy atom. The van der Waals surface area contributed by atoms with Crippen LogP contribution in [-0.4, -0.2) is 45.4 Å². The Kier molecular flexibility index (Phi) is 11.3. The number of carbonyl (C=O) groups is 2. The molecule has 0 bridgehead atoms. The normalized spacial score (nSPS) is 10.0. The number of hydrogen-bond donors (Lipinski definition) is 2. The summed E-state index contributed by atoms with van der Waals surface area (Å²) in [5.74, 6) is -0.106. The molecule has 0 atom stereocenters. The third-order valence-electron chi connectivity index (χ3n) is 5.85. The summed E-state index contributed by atoms with van der Waals surface area (Å²) < 4.78 is 10.6.